The summed E-state index contributed by atoms with van der Waals surface area (Å²) in [5, 5.41) is 3.34. The summed E-state index contributed by atoms with van der Waals surface area (Å²) in [6.45, 7) is 7.80. The third-order valence-corrected chi connectivity index (χ3v) is 5.50. The van der Waals surface area contributed by atoms with Gasteiger partial charge in [0.05, 0.1) is 0 Å². The fourth-order valence-electron chi connectivity index (χ4n) is 3.71. The van der Waals surface area contributed by atoms with E-state index >= 15 is 0 Å². The van der Waals surface area contributed by atoms with Crippen molar-refractivity contribution in [2.75, 3.05) is 26.2 Å². The molecule has 0 aliphatic carbocycles. The van der Waals surface area contributed by atoms with E-state index < -0.39 is 0 Å². The maximum atomic E-state index is 13.2. The van der Waals surface area contributed by atoms with Crippen LogP contribution in [0.2, 0.25) is 0 Å². The van der Waals surface area contributed by atoms with Crippen molar-refractivity contribution in [2.45, 2.75) is 45.7 Å². The first kappa shape index (κ1) is 17.9. The van der Waals surface area contributed by atoms with Crippen LogP contribution < -0.4 is 5.32 Å². The van der Waals surface area contributed by atoms with Crippen molar-refractivity contribution in [3.8, 4) is 0 Å². The quantitative estimate of drug-likeness (QED) is 0.911. The highest BCUT2D eigenvalue weighted by atomic mass is 16.2. The molecule has 2 heterocycles. The summed E-state index contributed by atoms with van der Waals surface area (Å²) >= 11 is 0. The van der Waals surface area contributed by atoms with Crippen molar-refractivity contribution < 1.29 is 9.59 Å². The van der Waals surface area contributed by atoms with Crippen molar-refractivity contribution in [3.05, 3.63) is 35.4 Å². The van der Waals surface area contributed by atoms with Gasteiger partial charge in [0.1, 0.15) is 6.04 Å². The van der Waals surface area contributed by atoms with E-state index in [9.17, 15) is 9.59 Å². The Balaban J connectivity index is 1.87. The van der Waals surface area contributed by atoms with Crippen LogP contribution in [-0.4, -0.2) is 53.8 Å². The molecule has 2 aliphatic heterocycles. The predicted octanol–water partition coefficient (Wildman–Crippen LogP) is 1.81. The van der Waals surface area contributed by atoms with Gasteiger partial charge in [0.15, 0.2) is 0 Å². The van der Waals surface area contributed by atoms with Crippen LogP contribution in [0.1, 0.15) is 37.8 Å². The second kappa shape index (κ2) is 8.00. The first-order valence-electron chi connectivity index (χ1n) is 9.48. The van der Waals surface area contributed by atoms with Gasteiger partial charge in [0, 0.05) is 38.5 Å². The zero-order valence-corrected chi connectivity index (χ0v) is 15.3. The van der Waals surface area contributed by atoms with Crippen molar-refractivity contribution >= 4 is 11.8 Å². The molecule has 2 atom stereocenters. The van der Waals surface area contributed by atoms with Gasteiger partial charge in [-0.2, -0.15) is 0 Å². The number of hydrogen-bond acceptors (Lipinski definition) is 3. The molecule has 1 fully saturated rings. The number of nitrogens with one attached hydrogen (secondary N) is 1. The lowest BCUT2D eigenvalue weighted by molar-refractivity contribution is -0.149. The summed E-state index contributed by atoms with van der Waals surface area (Å²) in [5.41, 5.74) is 2.36. The Bertz CT molecular complexity index is 623. The summed E-state index contributed by atoms with van der Waals surface area (Å²) in [4.78, 5) is 30.0. The van der Waals surface area contributed by atoms with Crippen LogP contribution in [0.25, 0.3) is 0 Å². The molecule has 2 amide bonds. The minimum Gasteiger partial charge on any atom is -0.340 e. The van der Waals surface area contributed by atoms with Gasteiger partial charge in [-0.1, -0.05) is 38.1 Å². The van der Waals surface area contributed by atoms with Crippen LogP contribution in [0.4, 0.5) is 0 Å². The number of rotatable bonds is 3. The molecule has 1 saturated heterocycles. The lowest BCUT2D eigenvalue weighted by atomic mass is 9.91. The van der Waals surface area contributed by atoms with Crippen LogP contribution >= 0.6 is 0 Å². The lowest BCUT2D eigenvalue weighted by Gasteiger charge is -2.39. The summed E-state index contributed by atoms with van der Waals surface area (Å²) < 4.78 is 0. The lowest BCUT2D eigenvalue weighted by Crippen LogP contribution is -2.55. The van der Waals surface area contributed by atoms with Gasteiger partial charge in [-0.05, 0) is 30.5 Å². The third-order valence-electron chi connectivity index (χ3n) is 5.50. The summed E-state index contributed by atoms with van der Waals surface area (Å²) in [6, 6.07) is 7.82. The monoisotopic (exact) mass is 343 g/mol. The molecule has 5 nitrogen and oxygen atoms in total. The minimum atomic E-state index is -0.366. The number of hydrogen-bond donors (Lipinski definition) is 1. The molecule has 2 unspecified atom stereocenters. The van der Waals surface area contributed by atoms with Crippen LogP contribution in [-0.2, 0) is 22.6 Å². The molecule has 0 spiro atoms. The van der Waals surface area contributed by atoms with Crippen LogP contribution in [0, 0.1) is 5.92 Å². The highest BCUT2D eigenvalue weighted by molar-refractivity contribution is 5.89. The van der Waals surface area contributed by atoms with Gasteiger partial charge in [-0.25, -0.2) is 0 Å². The number of nitrogens with zero attached hydrogens (tertiary/aromatic N) is 2. The van der Waals surface area contributed by atoms with E-state index in [1.165, 1.54) is 11.1 Å². The molecule has 1 N–H and O–H groups in total. The van der Waals surface area contributed by atoms with Crippen LogP contribution in [0.5, 0.6) is 0 Å². The Morgan fingerprint density at radius 3 is 2.72 bits per heavy atom. The van der Waals surface area contributed by atoms with E-state index in [0.29, 0.717) is 13.0 Å². The highest BCUT2D eigenvalue weighted by Gasteiger charge is 2.37. The van der Waals surface area contributed by atoms with Gasteiger partial charge in [-0.15, -0.1) is 0 Å². The summed E-state index contributed by atoms with van der Waals surface area (Å²) in [6.07, 6.45) is 2.39. The standard InChI is InChI=1S/C20H29N3O2/c1-3-15(2)19(24)23-14-17-8-5-4-7-16(17)13-18(23)20(25)22-11-6-9-21-10-12-22/h4-5,7-8,15,18,21H,3,6,9-14H2,1-2H3. The fourth-order valence-corrected chi connectivity index (χ4v) is 3.71. The van der Waals surface area contributed by atoms with Gasteiger partial charge in [-0.3, -0.25) is 9.59 Å². The van der Waals surface area contributed by atoms with E-state index in [2.05, 4.69) is 17.4 Å². The molecule has 2 aliphatic rings. The van der Waals surface area contributed by atoms with E-state index in [-0.39, 0.29) is 23.8 Å². The largest absolute Gasteiger partial charge is 0.340 e. The molecule has 136 valence electrons. The first-order valence-corrected chi connectivity index (χ1v) is 9.48. The van der Waals surface area contributed by atoms with Crippen molar-refractivity contribution in [2.24, 2.45) is 5.92 Å². The first-order chi connectivity index (χ1) is 12.1. The number of carbonyl (C=O) groups excluding carboxylic acids is 2. The average molecular weight is 343 g/mol. The average Bonchev–Trinajstić information content (AvgIpc) is 2.94. The molecular formula is C20H29N3O2. The number of carbonyl (C=O) groups is 2. The van der Waals surface area contributed by atoms with E-state index in [1.807, 2.05) is 35.8 Å². The van der Waals surface area contributed by atoms with Crippen molar-refractivity contribution in [1.82, 2.24) is 15.1 Å². The molecule has 0 saturated carbocycles. The molecular weight excluding hydrogens is 314 g/mol. The maximum absolute atomic E-state index is 13.2. The molecule has 0 radical (unpaired) electrons. The number of fused-ring (bicyclic) bond motifs is 1. The topological polar surface area (TPSA) is 52.7 Å². The van der Waals surface area contributed by atoms with Gasteiger partial charge < -0.3 is 15.1 Å². The molecule has 5 heteroatoms. The Kier molecular flexibility index (Phi) is 5.74. The molecule has 1 aromatic rings. The Hall–Kier alpha value is -1.88. The molecule has 3 rings (SSSR count). The zero-order valence-electron chi connectivity index (χ0n) is 15.3. The SMILES string of the molecule is CCC(C)C(=O)N1Cc2ccccc2CC1C(=O)N1CCCNCC1. The fraction of sp³-hybridized carbons (Fsp3) is 0.600. The highest BCUT2D eigenvalue weighted by Crippen LogP contribution is 2.26. The molecule has 1 aromatic carbocycles. The smallest absolute Gasteiger partial charge is 0.245 e. The predicted molar refractivity (Wildman–Crippen MR) is 98.0 cm³/mol. The minimum absolute atomic E-state index is 0.0497. The molecule has 25 heavy (non-hydrogen) atoms. The second-order valence-electron chi connectivity index (χ2n) is 7.19. The Morgan fingerprint density at radius 1 is 1.20 bits per heavy atom. The van der Waals surface area contributed by atoms with Crippen molar-refractivity contribution in [3.63, 3.8) is 0 Å². The summed E-state index contributed by atoms with van der Waals surface area (Å²) in [7, 11) is 0. The summed E-state index contributed by atoms with van der Waals surface area (Å²) in [5.74, 6) is 0.157. The van der Waals surface area contributed by atoms with E-state index in [4.69, 9.17) is 0 Å². The Morgan fingerprint density at radius 2 is 1.96 bits per heavy atom. The van der Waals surface area contributed by atoms with Gasteiger partial charge >= 0.3 is 0 Å². The second-order valence-corrected chi connectivity index (χ2v) is 7.19. The number of benzene rings is 1. The van der Waals surface area contributed by atoms with Crippen LogP contribution in [0.3, 0.4) is 0 Å². The van der Waals surface area contributed by atoms with E-state index in [1.54, 1.807) is 0 Å². The number of amides is 2. The van der Waals surface area contributed by atoms with Crippen LogP contribution in [0.15, 0.2) is 24.3 Å². The van der Waals surface area contributed by atoms with Crippen molar-refractivity contribution in [1.29, 1.82) is 0 Å². The third kappa shape index (κ3) is 3.87. The zero-order chi connectivity index (χ0) is 17.8. The Labute approximate surface area is 150 Å². The molecule has 0 bridgehead atoms. The van der Waals surface area contributed by atoms with Gasteiger partial charge in [0.25, 0.3) is 0 Å². The van der Waals surface area contributed by atoms with E-state index in [0.717, 1.165) is 39.0 Å². The normalized spacial score (nSPS) is 22.1. The molecule has 0 aromatic heterocycles. The van der Waals surface area contributed by atoms with Gasteiger partial charge in [0.2, 0.25) is 11.8 Å². The maximum Gasteiger partial charge on any atom is 0.245 e.